The largest absolute Gasteiger partial charge is 0.389 e. The second-order valence-corrected chi connectivity index (χ2v) is 4.84. The molecule has 5 N–H and O–H groups in total. The van der Waals surface area contributed by atoms with Gasteiger partial charge in [0.2, 0.25) is 5.91 Å². The molecule has 0 aromatic heterocycles. The highest BCUT2D eigenvalue weighted by atomic mass is 16.3. The van der Waals surface area contributed by atoms with Crippen LogP contribution in [0.2, 0.25) is 0 Å². The van der Waals surface area contributed by atoms with Gasteiger partial charge in [0.05, 0.1) is 19.2 Å². The lowest BCUT2D eigenvalue weighted by atomic mass is 10.1. The monoisotopic (exact) mass is 278 g/mol. The van der Waals surface area contributed by atoms with Crippen LogP contribution in [0.3, 0.4) is 0 Å². The Balaban J connectivity index is 2.89. The number of carbonyl (C=O) groups is 1. The summed E-state index contributed by atoms with van der Waals surface area (Å²) in [5.74, 6) is -0.217. The Kier molecular flexibility index (Phi) is 5.52. The van der Waals surface area contributed by atoms with E-state index in [1.807, 2.05) is 32.0 Å². The number of aliphatic hydroxyl groups excluding tert-OH is 1. The Morgan fingerprint density at radius 3 is 2.55 bits per heavy atom. The van der Waals surface area contributed by atoms with Crippen LogP contribution in [0.1, 0.15) is 18.1 Å². The predicted octanol–water partition coefficient (Wildman–Crippen LogP) is 0.291. The zero-order valence-corrected chi connectivity index (χ0v) is 12.1. The van der Waals surface area contributed by atoms with E-state index in [1.165, 1.54) is 11.8 Å². The van der Waals surface area contributed by atoms with Gasteiger partial charge in [-0.3, -0.25) is 9.79 Å². The summed E-state index contributed by atoms with van der Waals surface area (Å²) in [6.07, 6.45) is -0.818. The maximum Gasteiger partial charge on any atom is 0.223 e. The van der Waals surface area contributed by atoms with E-state index >= 15 is 0 Å². The van der Waals surface area contributed by atoms with E-state index in [1.54, 1.807) is 0 Å². The van der Waals surface area contributed by atoms with Gasteiger partial charge in [0.15, 0.2) is 5.96 Å². The molecule has 1 unspecified atom stereocenters. The smallest absolute Gasteiger partial charge is 0.223 e. The molecular weight excluding hydrogens is 256 g/mol. The van der Waals surface area contributed by atoms with Crippen molar-refractivity contribution >= 4 is 17.6 Å². The van der Waals surface area contributed by atoms with E-state index in [0.29, 0.717) is 0 Å². The molecule has 0 radical (unpaired) electrons. The summed E-state index contributed by atoms with van der Waals surface area (Å²) in [4.78, 5) is 17.1. The standard InChI is InChI=1S/C14H22N4O2/c1-9-4-5-13(10(2)6-9)18(11(3)19)8-12(20)7-17-14(15)16/h4-6,12,20H,7-8H2,1-3H3,(H4,15,16,17). The number of amides is 1. The Bertz CT molecular complexity index is 510. The maximum absolute atomic E-state index is 11.8. The fraction of sp³-hybridized carbons (Fsp3) is 0.429. The van der Waals surface area contributed by atoms with Gasteiger partial charge in [-0.05, 0) is 25.5 Å². The van der Waals surface area contributed by atoms with Crippen molar-refractivity contribution in [1.29, 1.82) is 0 Å². The van der Waals surface area contributed by atoms with Crippen LogP contribution < -0.4 is 16.4 Å². The third-order valence-electron chi connectivity index (χ3n) is 2.90. The van der Waals surface area contributed by atoms with Crippen molar-refractivity contribution in [2.45, 2.75) is 26.9 Å². The van der Waals surface area contributed by atoms with Gasteiger partial charge in [-0.1, -0.05) is 17.7 Å². The lowest BCUT2D eigenvalue weighted by Crippen LogP contribution is -2.38. The molecular formula is C14H22N4O2. The zero-order valence-electron chi connectivity index (χ0n) is 12.1. The van der Waals surface area contributed by atoms with Gasteiger partial charge < -0.3 is 21.5 Å². The molecule has 1 aromatic rings. The average Bonchev–Trinajstić information content (AvgIpc) is 2.34. The molecule has 1 rings (SSSR count). The number of nitrogens with two attached hydrogens (primary N) is 2. The minimum absolute atomic E-state index is 0.0665. The van der Waals surface area contributed by atoms with Crippen molar-refractivity contribution in [3.63, 3.8) is 0 Å². The van der Waals surface area contributed by atoms with Crippen molar-refractivity contribution in [3.8, 4) is 0 Å². The molecule has 110 valence electrons. The molecule has 0 saturated carbocycles. The zero-order chi connectivity index (χ0) is 15.3. The number of aliphatic imine (C=N–C) groups is 1. The summed E-state index contributed by atoms with van der Waals surface area (Å²) < 4.78 is 0. The summed E-state index contributed by atoms with van der Waals surface area (Å²) in [5.41, 5.74) is 13.3. The molecule has 0 aliphatic heterocycles. The maximum atomic E-state index is 11.8. The van der Waals surface area contributed by atoms with Crippen LogP contribution in [0.5, 0.6) is 0 Å². The number of aliphatic hydroxyl groups is 1. The van der Waals surface area contributed by atoms with Gasteiger partial charge in [0.25, 0.3) is 0 Å². The molecule has 0 bridgehead atoms. The predicted molar refractivity (Wildman–Crippen MR) is 80.6 cm³/mol. The van der Waals surface area contributed by atoms with Gasteiger partial charge in [-0.2, -0.15) is 0 Å². The number of benzene rings is 1. The minimum atomic E-state index is -0.818. The van der Waals surface area contributed by atoms with Crippen LogP contribution in [-0.2, 0) is 4.79 Å². The third kappa shape index (κ3) is 4.55. The van der Waals surface area contributed by atoms with Crippen molar-refractivity contribution in [2.75, 3.05) is 18.0 Å². The quantitative estimate of drug-likeness (QED) is 0.532. The van der Waals surface area contributed by atoms with E-state index in [0.717, 1.165) is 16.8 Å². The van der Waals surface area contributed by atoms with Crippen LogP contribution in [0, 0.1) is 13.8 Å². The minimum Gasteiger partial charge on any atom is -0.389 e. The van der Waals surface area contributed by atoms with Gasteiger partial charge >= 0.3 is 0 Å². The molecule has 0 saturated heterocycles. The highest BCUT2D eigenvalue weighted by Gasteiger charge is 2.17. The number of aryl methyl sites for hydroxylation is 2. The third-order valence-corrected chi connectivity index (χ3v) is 2.90. The van der Waals surface area contributed by atoms with Crippen LogP contribution in [0.25, 0.3) is 0 Å². The number of nitrogens with zero attached hydrogens (tertiary/aromatic N) is 2. The first-order valence-electron chi connectivity index (χ1n) is 6.40. The van der Waals surface area contributed by atoms with Crippen LogP contribution >= 0.6 is 0 Å². The normalized spacial score (nSPS) is 11.8. The Hall–Kier alpha value is -2.08. The van der Waals surface area contributed by atoms with Gasteiger partial charge in [0.1, 0.15) is 0 Å². The molecule has 0 spiro atoms. The topological polar surface area (TPSA) is 105 Å². The molecule has 0 fully saturated rings. The fourth-order valence-corrected chi connectivity index (χ4v) is 1.98. The number of anilines is 1. The first-order valence-corrected chi connectivity index (χ1v) is 6.40. The average molecular weight is 278 g/mol. The first kappa shape index (κ1) is 16.0. The van der Waals surface area contributed by atoms with Crippen molar-refractivity contribution in [3.05, 3.63) is 29.3 Å². The van der Waals surface area contributed by atoms with E-state index in [2.05, 4.69) is 4.99 Å². The van der Waals surface area contributed by atoms with Crippen molar-refractivity contribution in [1.82, 2.24) is 0 Å². The summed E-state index contributed by atoms with van der Waals surface area (Å²) in [5, 5.41) is 9.91. The number of hydrogen-bond donors (Lipinski definition) is 3. The Morgan fingerprint density at radius 1 is 1.40 bits per heavy atom. The van der Waals surface area contributed by atoms with Crippen LogP contribution in [0.4, 0.5) is 5.69 Å². The molecule has 20 heavy (non-hydrogen) atoms. The van der Waals surface area contributed by atoms with Crippen molar-refractivity contribution < 1.29 is 9.90 Å². The van der Waals surface area contributed by atoms with E-state index in [9.17, 15) is 9.90 Å². The molecule has 0 heterocycles. The second kappa shape index (κ2) is 6.91. The summed E-state index contributed by atoms with van der Waals surface area (Å²) in [6, 6.07) is 5.80. The van der Waals surface area contributed by atoms with E-state index in [-0.39, 0.29) is 25.0 Å². The molecule has 1 atom stereocenters. The second-order valence-electron chi connectivity index (χ2n) is 4.84. The van der Waals surface area contributed by atoms with E-state index < -0.39 is 6.10 Å². The SMILES string of the molecule is CC(=O)N(CC(O)CN=C(N)N)c1ccc(C)cc1C. The fourth-order valence-electron chi connectivity index (χ4n) is 1.98. The molecule has 6 nitrogen and oxygen atoms in total. The van der Waals surface area contributed by atoms with Gasteiger partial charge in [0, 0.05) is 12.6 Å². The molecule has 6 heteroatoms. The van der Waals surface area contributed by atoms with Crippen LogP contribution in [-0.4, -0.2) is 36.2 Å². The number of rotatable bonds is 5. The summed E-state index contributed by atoms with van der Waals surface area (Å²) in [6.45, 7) is 5.60. The molecule has 1 aromatic carbocycles. The molecule has 0 aliphatic carbocycles. The molecule has 0 aliphatic rings. The Morgan fingerprint density at radius 2 is 2.05 bits per heavy atom. The Labute approximate surface area is 119 Å². The van der Waals surface area contributed by atoms with Crippen LogP contribution in [0.15, 0.2) is 23.2 Å². The number of carbonyl (C=O) groups excluding carboxylic acids is 1. The van der Waals surface area contributed by atoms with Crippen molar-refractivity contribution in [2.24, 2.45) is 16.5 Å². The van der Waals surface area contributed by atoms with Gasteiger partial charge in [-0.15, -0.1) is 0 Å². The van der Waals surface area contributed by atoms with E-state index in [4.69, 9.17) is 11.5 Å². The lowest BCUT2D eigenvalue weighted by Gasteiger charge is -2.25. The first-order chi connectivity index (χ1) is 9.31. The highest BCUT2D eigenvalue weighted by molar-refractivity contribution is 5.92. The number of hydrogen-bond acceptors (Lipinski definition) is 3. The summed E-state index contributed by atoms with van der Waals surface area (Å²) >= 11 is 0. The highest BCUT2D eigenvalue weighted by Crippen LogP contribution is 2.21. The van der Waals surface area contributed by atoms with Gasteiger partial charge in [-0.25, -0.2) is 0 Å². The lowest BCUT2D eigenvalue weighted by molar-refractivity contribution is -0.116. The number of guanidine groups is 1. The molecule has 1 amide bonds. The summed E-state index contributed by atoms with van der Waals surface area (Å²) in [7, 11) is 0.